The molecule has 1 saturated heterocycles. The summed E-state index contributed by atoms with van der Waals surface area (Å²) in [6.45, 7) is 0.234. The van der Waals surface area contributed by atoms with Gasteiger partial charge < -0.3 is 9.47 Å². The summed E-state index contributed by atoms with van der Waals surface area (Å²) in [5.41, 5.74) is 2.32. The van der Waals surface area contributed by atoms with Gasteiger partial charge in [0.1, 0.15) is 6.61 Å². The second-order valence-electron chi connectivity index (χ2n) is 7.28. The summed E-state index contributed by atoms with van der Waals surface area (Å²) in [4.78, 5) is 16.3. The number of anilines is 1. The van der Waals surface area contributed by atoms with E-state index in [-0.39, 0.29) is 12.5 Å². The van der Waals surface area contributed by atoms with Crippen molar-refractivity contribution < 1.29 is 14.3 Å². The van der Waals surface area contributed by atoms with E-state index in [1.54, 1.807) is 42.0 Å². The van der Waals surface area contributed by atoms with Crippen molar-refractivity contribution in [2.75, 3.05) is 18.3 Å². The van der Waals surface area contributed by atoms with Crippen molar-refractivity contribution >= 4 is 96.9 Å². The van der Waals surface area contributed by atoms with Gasteiger partial charge in [0.2, 0.25) is 0 Å². The highest BCUT2D eigenvalue weighted by Crippen LogP contribution is 2.41. The normalized spacial score (nSPS) is 14.7. The average molecular weight is 627 g/mol. The molecule has 35 heavy (non-hydrogen) atoms. The summed E-state index contributed by atoms with van der Waals surface area (Å²) >= 11 is 24.2. The number of hydrogen-bond acceptors (Lipinski definition) is 6. The predicted octanol–water partition coefficient (Wildman–Crippen LogP) is 8.47. The van der Waals surface area contributed by atoms with Gasteiger partial charge in [0, 0.05) is 20.5 Å². The van der Waals surface area contributed by atoms with E-state index in [9.17, 15) is 4.79 Å². The average Bonchev–Trinajstić information content (AvgIpc) is 3.11. The van der Waals surface area contributed by atoms with Crippen LogP contribution in [0, 0.1) is 0 Å². The van der Waals surface area contributed by atoms with Gasteiger partial charge in [0.05, 0.1) is 22.2 Å². The number of thiocarbonyl (C=S) groups is 1. The summed E-state index contributed by atoms with van der Waals surface area (Å²) in [5, 5.41) is 1.08. The Morgan fingerprint density at radius 3 is 2.69 bits per heavy atom. The quantitative estimate of drug-likeness (QED) is 0.149. The van der Waals surface area contributed by atoms with Gasteiger partial charge in [-0.15, -0.1) is 11.8 Å². The molecule has 1 heterocycles. The van der Waals surface area contributed by atoms with Crippen molar-refractivity contribution in [3.05, 3.63) is 85.1 Å². The lowest BCUT2D eigenvalue weighted by Gasteiger charge is -2.15. The van der Waals surface area contributed by atoms with Crippen LogP contribution in [0.2, 0.25) is 10.0 Å². The van der Waals surface area contributed by atoms with Crippen molar-refractivity contribution in [3.63, 3.8) is 0 Å². The maximum absolute atomic E-state index is 13.2. The number of methoxy groups -OCH3 is 1. The molecule has 180 valence electrons. The molecular formula is C25H18BrCl2NO3S3. The Labute approximate surface area is 236 Å². The van der Waals surface area contributed by atoms with Gasteiger partial charge in [-0.05, 0) is 76.3 Å². The fraction of sp³-hybridized carbons (Fsp3) is 0.120. The molecule has 1 aliphatic heterocycles. The lowest BCUT2D eigenvalue weighted by Crippen LogP contribution is -2.27. The van der Waals surface area contributed by atoms with Gasteiger partial charge in [-0.3, -0.25) is 9.69 Å². The standard InChI is InChI=1S/C25H18BrCl2NO3S3/c1-31-21-9-14(8-19(26)23(21)32-13-15-6-7-16(27)11-20(15)28)10-22-24(30)29(25(33)35-22)17-4-3-5-18(12-17)34-2/h3-12H,13H2,1-2H3/b22-10+. The highest BCUT2D eigenvalue weighted by atomic mass is 79.9. The highest BCUT2D eigenvalue weighted by Gasteiger charge is 2.33. The third-order valence-electron chi connectivity index (χ3n) is 5.04. The SMILES string of the molecule is COc1cc(/C=C2/SC(=S)N(c3cccc(SC)c3)C2=O)cc(Br)c1OCc1ccc(Cl)cc1Cl. The lowest BCUT2D eigenvalue weighted by molar-refractivity contribution is -0.113. The minimum atomic E-state index is -0.161. The lowest BCUT2D eigenvalue weighted by atomic mass is 10.1. The molecule has 4 nitrogen and oxygen atoms in total. The van der Waals surface area contributed by atoms with Crippen LogP contribution >= 0.6 is 74.9 Å². The van der Waals surface area contributed by atoms with Gasteiger partial charge >= 0.3 is 0 Å². The molecule has 0 aliphatic carbocycles. The first-order valence-electron chi connectivity index (χ1n) is 10.2. The van der Waals surface area contributed by atoms with E-state index in [0.29, 0.717) is 35.2 Å². The molecule has 1 aliphatic rings. The minimum Gasteiger partial charge on any atom is -0.493 e. The topological polar surface area (TPSA) is 38.8 Å². The third kappa shape index (κ3) is 6.01. The smallest absolute Gasteiger partial charge is 0.270 e. The van der Waals surface area contributed by atoms with Gasteiger partial charge in [-0.2, -0.15) is 0 Å². The van der Waals surface area contributed by atoms with Crippen molar-refractivity contribution in [3.8, 4) is 11.5 Å². The molecule has 0 aromatic heterocycles. The van der Waals surface area contributed by atoms with Crippen molar-refractivity contribution in [1.82, 2.24) is 0 Å². The third-order valence-corrected chi connectivity index (χ3v) is 8.25. The van der Waals surface area contributed by atoms with Gasteiger partial charge in [0.15, 0.2) is 15.8 Å². The minimum absolute atomic E-state index is 0.161. The Morgan fingerprint density at radius 1 is 1.17 bits per heavy atom. The van der Waals surface area contributed by atoms with Crippen molar-refractivity contribution in [2.24, 2.45) is 0 Å². The molecule has 0 spiro atoms. The highest BCUT2D eigenvalue weighted by molar-refractivity contribution is 9.10. The monoisotopic (exact) mass is 625 g/mol. The van der Waals surface area contributed by atoms with Crippen LogP contribution in [0.25, 0.3) is 6.08 Å². The second-order valence-corrected chi connectivity index (χ2v) is 11.5. The Bertz CT molecular complexity index is 1350. The first kappa shape index (κ1) is 26.4. The van der Waals surface area contributed by atoms with Crippen LogP contribution in [-0.4, -0.2) is 23.6 Å². The van der Waals surface area contributed by atoms with E-state index < -0.39 is 0 Å². The molecule has 4 rings (SSSR count). The molecule has 3 aromatic rings. The maximum atomic E-state index is 13.2. The predicted molar refractivity (Wildman–Crippen MR) is 155 cm³/mol. The first-order chi connectivity index (χ1) is 16.8. The van der Waals surface area contributed by atoms with Gasteiger partial charge in [0.25, 0.3) is 5.91 Å². The number of benzene rings is 3. The fourth-order valence-corrected chi connectivity index (χ4v) is 6.13. The Balaban J connectivity index is 1.58. The Morgan fingerprint density at radius 2 is 1.97 bits per heavy atom. The number of halogens is 3. The van der Waals surface area contributed by atoms with E-state index >= 15 is 0 Å². The number of nitrogens with zero attached hydrogens (tertiary/aromatic N) is 1. The molecule has 1 fully saturated rings. The van der Waals surface area contributed by atoms with E-state index in [1.165, 1.54) is 11.8 Å². The summed E-state index contributed by atoms with van der Waals surface area (Å²) in [6, 6.07) is 16.7. The van der Waals surface area contributed by atoms with Crippen LogP contribution < -0.4 is 14.4 Å². The second kappa shape index (κ2) is 11.6. The molecule has 0 N–H and O–H groups in total. The number of amides is 1. The number of hydrogen-bond donors (Lipinski definition) is 0. The number of thioether (sulfide) groups is 2. The number of rotatable bonds is 7. The molecular weight excluding hydrogens is 609 g/mol. The van der Waals surface area contributed by atoms with Crippen molar-refractivity contribution in [1.29, 1.82) is 0 Å². The van der Waals surface area contributed by atoms with Crippen LogP contribution in [0.5, 0.6) is 11.5 Å². The Kier molecular flexibility index (Phi) is 8.73. The summed E-state index contributed by atoms with van der Waals surface area (Å²) in [6.07, 6.45) is 3.79. The summed E-state index contributed by atoms with van der Waals surface area (Å²) < 4.78 is 12.7. The molecule has 3 aromatic carbocycles. The van der Waals surface area contributed by atoms with E-state index in [2.05, 4.69) is 15.9 Å². The van der Waals surface area contributed by atoms with Crippen LogP contribution in [0.15, 0.2) is 68.9 Å². The molecule has 0 bridgehead atoms. The largest absolute Gasteiger partial charge is 0.493 e. The van der Waals surface area contributed by atoms with Crippen molar-refractivity contribution in [2.45, 2.75) is 11.5 Å². The van der Waals surface area contributed by atoms with E-state index in [4.69, 9.17) is 44.9 Å². The summed E-state index contributed by atoms with van der Waals surface area (Å²) in [5.74, 6) is 0.877. The maximum Gasteiger partial charge on any atom is 0.270 e. The molecule has 0 saturated carbocycles. The van der Waals surface area contributed by atoms with Crippen LogP contribution in [0.1, 0.15) is 11.1 Å². The fourth-order valence-electron chi connectivity index (χ4n) is 3.34. The zero-order valence-corrected chi connectivity index (χ0v) is 24.1. The van der Waals surface area contributed by atoms with Gasteiger partial charge in [-0.1, -0.05) is 59.3 Å². The van der Waals surface area contributed by atoms with Crippen LogP contribution in [0.3, 0.4) is 0 Å². The molecule has 0 unspecified atom stereocenters. The molecule has 0 atom stereocenters. The summed E-state index contributed by atoms with van der Waals surface area (Å²) in [7, 11) is 1.56. The number of ether oxygens (including phenoxy) is 2. The van der Waals surface area contributed by atoms with E-state index in [1.807, 2.05) is 48.7 Å². The first-order valence-corrected chi connectivity index (χ1v) is 14.2. The Hall–Kier alpha value is -1.68. The molecule has 1 amide bonds. The zero-order chi connectivity index (χ0) is 25.1. The van der Waals surface area contributed by atoms with Gasteiger partial charge in [-0.25, -0.2) is 0 Å². The van der Waals surface area contributed by atoms with Crippen LogP contribution in [0.4, 0.5) is 5.69 Å². The molecule has 0 radical (unpaired) electrons. The zero-order valence-electron chi connectivity index (χ0n) is 18.5. The molecule has 10 heteroatoms. The van der Waals surface area contributed by atoms with Crippen LogP contribution in [-0.2, 0) is 11.4 Å². The number of carbonyl (C=O) groups is 1. The number of carbonyl (C=O) groups excluding carboxylic acids is 1. The van der Waals surface area contributed by atoms with E-state index in [0.717, 1.165) is 21.7 Å².